The molecule has 1 aliphatic carbocycles. The van der Waals surface area contributed by atoms with Crippen molar-refractivity contribution in [3.05, 3.63) is 68.8 Å². The third-order valence-electron chi connectivity index (χ3n) is 9.68. The average Bonchev–Trinajstić information content (AvgIpc) is 3.56. The molecule has 8 bridgehead atoms. The van der Waals surface area contributed by atoms with Gasteiger partial charge in [-0.1, -0.05) is 34.6 Å². The van der Waals surface area contributed by atoms with Gasteiger partial charge in [-0.2, -0.15) is 0 Å². The van der Waals surface area contributed by atoms with Crippen LogP contribution in [0.15, 0.2) is 18.2 Å². The van der Waals surface area contributed by atoms with Gasteiger partial charge in [0.05, 0.1) is 22.8 Å². The molecule has 0 saturated carbocycles. The van der Waals surface area contributed by atoms with E-state index in [9.17, 15) is 0 Å². The molecule has 5 heterocycles. The van der Waals surface area contributed by atoms with Crippen LogP contribution >= 0.6 is 0 Å². The van der Waals surface area contributed by atoms with Crippen molar-refractivity contribution >= 4 is 44.4 Å². The highest BCUT2D eigenvalue weighted by Gasteiger charge is 2.36. The number of H-pyrrole nitrogens is 2. The number of hydrogen-bond donors (Lipinski definition) is 2. The van der Waals surface area contributed by atoms with E-state index in [4.69, 9.17) is 9.97 Å². The average molecular weight is 519 g/mol. The molecule has 4 nitrogen and oxygen atoms in total. The Morgan fingerprint density at radius 1 is 0.718 bits per heavy atom. The van der Waals surface area contributed by atoms with Gasteiger partial charge in [-0.15, -0.1) is 0 Å². The van der Waals surface area contributed by atoms with Gasteiger partial charge >= 0.3 is 0 Å². The highest BCUT2D eigenvalue weighted by Crippen LogP contribution is 2.48. The molecule has 39 heavy (non-hydrogen) atoms. The number of nitrogens with zero attached hydrogens (tertiary/aromatic N) is 2. The van der Waals surface area contributed by atoms with Gasteiger partial charge in [-0.25, -0.2) is 9.97 Å². The van der Waals surface area contributed by atoms with E-state index in [0.29, 0.717) is 0 Å². The summed E-state index contributed by atoms with van der Waals surface area (Å²) >= 11 is 0. The summed E-state index contributed by atoms with van der Waals surface area (Å²) in [6, 6.07) is 6.83. The van der Waals surface area contributed by atoms with Crippen LogP contribution in [0.25, 0.3) is 44.4 Å². The number of fused-ring (bicyclic) bond motifs is 8. The molecule has 0 saturated heterocycles. The van der Waals surface area contributed by atoms with E-state index in [1.54, 1.807) is 0 Å². The van der Waals surface area contributed by atoms with Crippen molar-refractivity contribution in [2.45, 2.75) is 99.8 Å². The molecule has 0 unspecified atom stereocenters. The predicted molar refractivity (Wildman–Crippen MR) is 167 cm³/mol. The van der Waals surface area contributed by atoms with Crippen molar-refractivity contribution in [2.75, 3.05) is 0 Å². The highest BCUT2D eigenvalue weighted by atomic mass is 14.8. The number of rotatable bonds is 3. The summed E-state index contributed by atoms with van der Waals surface area (Å²) < 4.78 is 0. The molecule has 0 radical (unpaired) electrons. The zero-order valence-electron chi connectivity index (χ0n) is 25.2. The van der Waals surface area contributed by atoms with Gasteiger partial charge in [0.15, 0.2) is 0 Å². The summed E-state index contributed by atoms with van der Waals surface area (Å²) in [5.41, 5.74) is 21.3. The van der Waals surface area contributed by atoms with E-state index in [1.807, 2.05) is 0 Å². The first-order valence-electron chi connectivity index (χ1n) is 14.8. The van der Waals surface area contributed by atoms with Crippen molar-refractivity contribution in [3.8, 4) is 0 Å². The van der Waals surface area contributed by atoms with Crippen molar-refractivity contribution in [1.82, 2.24) is 19.9 Å². The fourth-order valence-corrected chi connectivity index (χ4v) is 7.20. The van der Waals surface area contributed by atoms with Crippen LogP contribution in [0.4, 0.5) is 0 Å². The number of aromatic amines is 2. The van der Waals surface area contributed by atoms with E-state index < -0.39 is 0 Å². The van der Waals surface area contributed by atoms with Crippen LogP contribution in [0.5, 0.6) is 0 Å². The van der Waals surface area contributed by atoms with E-state index in [0.717, 1.165) is 49.2 Å². The predicted octanol–water partition coefficient (Wildman–Crippen LogP) is 9.40. The van der Waals surface area contributed by atoms with Gasteiger partial charge in [0.1, 0.15) is 0 Å². The first-order valence-corrected chi connectivity index (χ1v) is 14.8. The largest absolute Gasteiger partial charge is 0.355 e. The molecule has 0 aromatic carbocycles. The Hall–Kier alpha value is -3.40. The van der Waals surface area contributed by atoms with Crippen LogP contribution in [0.1, 0.15) is 118 Å². The fourth-order valence-electron chi connectivity index (χ4n) is 7.20. The van der Waals surface area contributed by atoms with E-state index in [-0.39, 0.29) is 5.41 Å². The monoisotopic (exact) mass is 518 g/mol. The van der Waals surface area contributed by atoms with Gasteiger partial charge in [0.25, 0.3) is 0 Å². The molecular formula is C35H42N4. The maximum Gasteiger partial charge on any atom is 0.0730 e. The molecule has 0 atom stereocenters. The standard InChI is InChI=1S/C35H42N4/c1-10-22-18(4)26-15-28-20(6)24(12-3)33(38-28)32-34-25(13-14-35(32,8)9)21(7)29(39-34)16-27-19(5)23(11-2)31(37-27)17-30(22)36-26/h15-17,36,38H,10-14H2,1-9H3. The molecule has 202 valence electrons. The van der Waals surface area contributed by atoms with Crippen LogP contribution in [0.3, 0.4) is 0 Å². The summed E-state index contributed by atoms with van der Waals surface area (Å²) in [5, 5.41) is 0. The summed E-state index contributed by atoms with van der Waals surface area (Å²) in [4.78, 5) is 18.3. The quantitative estimate of drug-likeness (QED) is 0.363. The molecule has 2 N–H and O–H groups in total. The fraction of sp³-hybridized carbons (Fsp3) is 0.429. The number of nitrogens with one attached hydrogen (secondary N) is 2. The van der Waals surface area contributed by atoms with Crippen molar-refractivity contribution in [2.24, 2.45) is 0 Å². The number of aromatic nitrogens is 4. The lowest BCUT2D eigenvalue weighted by Gasteiger charge is -2.32. The first-order chi connectivity index (χ1) is 18.6. The molecule has 2 aliphatic heterocycles. The van der Waals surface area contributed by atoms with Gasteiger partial charge < -0.3 is 9.97 Å². The lowest BCUT2D eigenvalue weighted by molar-refractivity contribution is 0.476. The third-order valence-corrected chi connectivity index (χ3v) is 9.68. The maximum absolute atomic E-state index is 5.38. The summed E-state index contributed by atoms with van der Waals surface area (Å²) in [7, 11) is 0. The number of hydrogen-bond acceptors (Lipinski definition) is 2. The summed E-state index contributed by atoms with van der Waals surface area (Å²) in [5.74, 6) is 0. The van der Waals surface area contributed by atoms with Crippen molar-refractivity contribution in [1.29, 1.82) is 0 Å². The molecule has 0 amide bonds. The van der Waals surface area contributed by atoms with Crippen LogP contribution in [-0.4, -0.2) is 19.9 Å². The number of allylic oxidation sites excluding steroid dienone is 4. The minimum Gasteiger partial charge on any atom is -0.355 e. The zero-order chi connectivity index (χ0) is 27.8. The Morgan fingerprint density at radius 3 is 2.08 bits per heavy atom. The normalized spacial score (nSPS) is 16.4. The molecule has 0 spiro atoms. The molecule has 4 heteroatoms. The molecular weight excluding hydrogens is 476 g/mol. The lowest BCUT2D eigenvalue weighted by atomic mass is 9.72. The second kappa shape index (κ2) is 9.08. The smallest absolute Gasteiger partial charge is 0.0730 e. The molecule has 0 fully saturated rings. The third kappa shape index (κ3) is 3.78. The second-order valence-corrected chi connectivity index (χ2v) is 12.3. The summed E-state index contributed by atoms with van der Waals surface area (Å²) in [6.07, 6.45) is 5.10. The van der Waals surface area contributed by atoms with Crippen molar-refractivity contribution in [3.63, 3.8) is 0 Å². The second-order valence-electron chi connectivity index (χ2n) is 12.3. The van der Waals surface area contributed by atoms with E-state index in [2.05, 4.69) is 90.5 Å². The lowest BCUT2D eigenvalue weighted by Crippen LogP contribution is -2.23. The topological polar surface area (TPSA) is 57.4 Å². The Balaban J connectivity index is 1.87. The van der Waals surface area contributed by atoms with Crippen LogP contribution in [-0.2, 0) is 18.3 Å². The van der Waals surface area contributed by atoms with Crippen LogP contribution in [0.2, 0.25) is 0 Å². The van der Waals surface area contributed by atoms with Gasteiger partial charge in [0.2, 0.25) is 0 Å². The number of aryl methyl sites for hydroxylation is 4. The highest BCUT2D eigenvalue weighted by molar-refractivity contribution is 5.97. The first kappa shape index (κ1) is 25.9. The van der Waals surface area contributed by atoms with Gasteiger partial charge in [-0.3, -0.25) is 0 Å². The molecule has 3 aliphatic rings. The Labute approximate surface area is 232 Å². The Morgan fingerprint density at radius 2 is 1.38 bits per heavy atom. The van der Waals surface area contributed by atoms with E-state index >= 15 is 0 Å². The van der Waals surface area contributed by atoms with Crippen LogP contribution < -0.4 is 0 Å². The summed E-state index contributed by atoms with van der Waals surface area (Å²) in [6.45, 7) is 20.5. The molecule has 3 aromatic rings. The minimum atomic E-state index is 0.0267. The zero-order valence-corrected chi connectivity index (χ0v) is 25.2. The SMILES string of the molecule is CCC1=C(C)c2cc3nc4c(c5[nH]c(cc6[nH]c(cc1n2)c(CC)c6C)c(C)c5CC)C(C)(C)CCC4=C3C. The maximum atomic E-state index is 5.38. The van der Waals surface area contributed by atoms with E-state index in [1.165, 1.54) is 77.9 Å². The van der Waals surface area contributed by atoms with Gasteiger partial charge in [0, 0.05) is 27.6 Å². The molecule has 6 rings (SSSR count). The Bertz CT molecular complexity index is 1770. The Kier molecular flexibility index (Phi) is 6.02. The van der Waals surface area contributed by atoms with Crippen LogP contribution in [0, 0.1) is 13.8 Å². The molecule has 3 aromatic heterocycles. The van der Waals surface area contributed by atoms with Gasteiger partial charge in [-0.05, 0) is 128 Å². The minimum absolute atomic E-state index is 0.0267. The van der Waals surface area contributed by atoms with Crippen molar-refractivity contribution < 1.29 is 0 Å².